The average Bonchev–Trinajstić information content (AvgIpc) is 3.57. The van der Waals surface area contributed by atoms with Crippen molar-refractivity contribution in [3.63, 3.8) is 0 Å². The molecule has 0 spiro atoms. The molecule has 3 aromatic rings. The van der Waals surface area contributed by atoms with Gasteiger partial charge in [0, 0.05) is 12.7 Å². The molecule has 1 atom stereocenters. The van der Waals surface area contributed by atoms with E-state index >= 15 is 0 Å². The minimum atomic E-state index is -0.147. The highest BCUT2D eigenvalue weighted by Gasteiger charge is 2.31. The zero-order valence-electron chi connectivity index (χ0n) is 19.4. The van der Waals surface area contributed by atoms with Gasteiger partial charge in [0.15, 0.2) is 11.6 Å². The summed E-state index contributed by atoms with van der Waals surface area (Å²) in [5.41, 5.74) is 4.33. The number of fused-ring (bicyclic) bond motifs is 5. The van der Waals surface area contributed by atoms with Gasteiger partial charge < -0.3 is 18.8 Å². The first kappa shape index (κ1) is 21.8. The van der Waals surface area contributed by atoms with Crippen LogP contribution in [0.5, 0.6) is 5.75 Å². The summed E-state index contributed by atoms with van der Waals surface area (Å²) in [5, 5.41) is 8.84. The highest BCUT2D eigenvalue weighted by atomic mass is 16.5. The molecule has 5 rings (SSSR count). The number of aromatic nitrogens is 5. The van der Waals surface area contributed by atoms with E-state index in [1.54, 1.807) is 20.5 Å². The molecule has 9 nitrogen and oxygen atoms in total. The Bertz CT molecular complexity index is 1330. The first-order chi connectivity index (χ1) is 16.6. The monoisotopic (exact) mass is 458 g/mol. The molecule has 0 bridgehead atoms. The molecule has 174 valence electrons. The van der Waals surface area contributed by atoms with E-state index in [9.17, 15) is 0 Å². The summed E-state index contributed by atoms with van der Waals surface area (Å²) in [6.07, 6.45) is 9.63. The van der Waals surface area contributed by atoms with Crippen LogP contribution in [-0.2, 0) is 22.6 Å². The van der Waals surface area contributed by atoms with E-state index in [1.165, 1.54) is 0 Å². The number of hydrogen-bond donors (Lipinski definition) is 0. The van der Waals surface area contributed by atoms with Gasteiger partial charge in [-0.3, -0.25) is 4.57 Å². The van der Waals surface area contributed by atoms with Crippen molar-refractivity contribution in [1.82, 2.24) is 24.3 Å². The number of nitrogens with zero attached hydrogens (tertiary/aromatic N) is 6. The van der Waals surface area contributed by atoms with Crippen LogP contribution in [0.3, 0.4) is 0 Å². The summed E-state index contributed by atoms with van der Waals surface area (Å²) in [7, 11) is 3.29. The summed E-state index contributed by atoms with van der Waals surface area (Å²) >= 11 is 0. The van der Waals surface area contributed by atoms with Gasteiger partial charge in [-0.25, -0.2) is 9.98 Å². The Morgan fingerprint density at radius 2 is 2.15 bits per heavy atom. The largest absolute Gasteiger partial charge is 0.497 e. The quantitative estimate of drug-likeness (QED) is 0.394. The molecule has 0 aliphatic carbocycles. The van der Waals surface area contributed by atoms with Crippen LogP contribution in [0.2, 0.25) is 0 Å². The Balaban J connectivity index is 1.59. The molecule has 0 N–H and O–H groups in total. The lowest BCUT2D eigenvalue weighted by atomic mass is 10.1. The molecule has 1 aromatic carbocycles. The Kier molecular flexibility index (Phi) is 5.85. The predicted molar refractivity (Wildman–Crippen MR) is 128 cm³/mol. The van der Waals surface area contributed by atoms with Crippen molar-refractivity contribution in [1.29, 1.82) is 0 Å². The molecular weight excluding hydrogens is 432 g/mol. The van der Waals surface area contributed by atoms with E-state index in [0.29, 0.717) is 31.4 Å². The van der Waals surface area contributed by atoms with Crippen LogP contribution in [0.15, 0.2) is 66.0 Å². The minimum absolute atomic E-state index is 0.147. The molecule has 0 saturated heterocycles. The second-order valence-corrected chi connectivity index (χ2v) is 7.97. The van der Waals surface area contributed by atoms with E-state index in [0.717, 1.165) is 39.9 Å². The van der Waals surface area contributed by atoms with Gasteiger partial charge in [0.25, 0.3) is 0 Å². The van der Waals surface area contributed by atoms with Gasteiger partial charge in [-0.05, 0) is 30.7 Å². The van der Waals surface area contributed by atoms with Crippen molar-refractivity contribution in [2.24, 2.45) is 4.99 Å². The molecule has 9 heteroatoms. The van der Waals surface area contributed by atoms with E-state index in [-0.39, 0.29) is 6.04 Å². The topological polar surface area (TPSA) is 88.6 Å². The van der Waals surface area contributed by atoms with Gasteiger partial charge >= 0.3 is 0 Å². The number of benzene rings is 1. The standard InChI is InChI=1S/C25H26N6O3/c1-5-6-7-8-16(2)19-13-34-25(27-19)23-21-12-30-22(14-32-3)28-29-24(30)18-11-17(33-4)9-10-20(18)31(21)15-26-23/h5-11,15,19H,2,12-14H2,1,3-4H3/b6-5-,8-7-/t19-/m1/s1. The molecule has 0 amide bonds. The summed E-state index contributed by atoms with van der Waals surface area (Å²) < 4.78 is 20.9. The lowest BCUT2D eigenvalue weighted by molar-refractivity contribution is 0.174. The van der Waals surface area contributed by atoms with Crippen molar-refractivity contribution in [2.75, 3.05) is 20.8 Å². The maximum Gasteiger partial charge on any atom is 0.238 e. The van der Waals surface area contributed by atoms with Crippen molar-refractivity contribution in [2.45, 2.75) is 26.1 Å². The molecule has 2 aliphatic heterocycles. The van der Waals surface area contributed by atoms with Gasteiger partial charge in [0.05, 0.1) is 25.0 Å². The summed E-state index contributed by atoms with van der Waals surface area (Å²) in [5.74, 6) is 2.71. The fourth-order valence-corrected chi connectivity index (χ4v) is 4.12. The molecule has 4 heterocycles. The van der Waals surface area contributed by atoms with Crippen LogP contribution in [0.4, 0.5) is 0 Å². The average molecular weight is 459 g/mol. The number of hydrogen-bond acceptors (Lipinski definition) is 7. The van der Waals surface area contributed by atoms with Gasteiger partial charge in [-0.1, -0.05) is 30.9 Å². The Morgan fingerprint density at radius 1 is 1.26 bits per heavy atom. The van der Waals surface area contributed by atoms with E-state index < -0.39 is 0 Å². The first-order valence-electron chi connectivity index (χ1n) is 11.0. The SMILES string of the molecule is C=C(/C=C\C=C/C)[C@H]1COC(c2ncn3c2Cn2c(COC)nnc2-c2cc(OC)ccc2-3)=N1. The molecule has 2 aliphatic rings. The number of aliphatic imine (C=N–C) groups is 1. The van der Waals surface area contributed by atoms with Crippen LogP contribution in [0, 0.1) is 0 Å². The lowest BCUT2D eigenvalue weighted by Gasteiger charge is -2.10. The van der Waals surface area contributed by atoms with Gasteiger partial charge in [0.2, 0.25) is 5.90 Å². The molecule has 34 heavy (non-hydrogen) atoms. The van der Waals surface area contributed by atoms with Gasteiger partial charge in [-0.15, -0.1) is 10.2 Å². The van der Waals surface area contributed by atoms with Crippen molar-refractivity contribution >= 4 is 5.90 Å². The molecular formula is C25H26N6O3. The normalized spacial score (nSPS) is 16.7. The van der Waals surface area contributed by atoms with Crippen LogP contribution in [0.1, 0.15) is 24.1 Å². The number of allylic oxidation sites excluding steroid dienone is 3. The van der Waals surface area contributed by atoms with Crippen molar-refractivity contribution in [3.8, 4) is 22.8 Å². The Morgan fingerprint density at radius 3 is 2.94 bits per heavy atom. The fourth-order valence-electron chi connectivity index (χ4n) is 4.12. The van der Waals surface area contributed by atoms with Gasteiger partial charge in [-0.2, -0.15) is 0 Å². The molecule has 0 saturated carbocycles. The van der Waals surface area contributed by atoms with Crippen LogP contribution >= 0.6 is 0 Å². The van der Waals surface area contributed by atoms with Crippen molar-refractivity contribution in [3.05, 3.63) is 78.2 Å². The fraction of sp³-hybridized carbons (Fsp3) is 0.280. The zero-order valence-corrected chi connectivity index (χ0v) is 19.4. The van der Waals surface area contributed by atoms with Crippen LogP contribution in [-0.4, -0.2) is 57.1 Å². The second kappa shape index (κ2) is 9.11. The molecule has 0 unspecified atom stereocenters. The van der Waals surface area contributed by atoms with E-state index in [2.05, 4.69) is 21.3 Å². The minimum Gasteiger partial charge on any atom is -0.497 e. The van der Waals surface area contributed by atoms with E-state index in [1.807, 2.05) is 54.0 Å². The Hall–Kier alpha value is -3.98. The predicted octanol–water partition coefficient (Wildman–Crippen LogP) is 3.48. The Labute approximate surface area is 197 Å². The highest BCUT2D eigenvalue weighted by molar-refractivity contribution is 5.95. The molecule has 2 aromatic heterocycles. The lowest BCUT2D eigenvalue weighted by Crippen LogP contribution is -2.13. The number of methoxy groups -OCH3 is 2. The van der Waals surface area contributed by atoms with Crippen molar-refractivity contribution < 1.29 is 14.2 Å². The summed E-state index contributed by atoms with van der Waals surface area (Å²) in [4.78, 5) is 9.49. The summed E-state index contributed by atoms with van der Waals surface area (Å²) in [6, 6.07) is 5.73. The number of rotatable bonds is 7. The van der Waals surface area contributed by atoms with E-state index in [4.69, 9.17) is 24.2 Å². The maximum atomic E-state index is 5.99. The zero-order chi connectivity index (χ0) is 23.7. The third-order valence-electron chi connectivity index (χ3n) is 5.87. The first-order valence-corrected chi connectivity index (χ1v) is 11.0. The highest BCUT2D eigenvalue weighted by Crippen LogP contribution is 2.35. The van der Waals surface area contributed by atoms with Crippen LogP contribution in [0.25, 0.3) is 17.1 Å². The third kappa shape index (κ3) is 3.73. The van der Waals surface area contributed by atoms with Crippen LogP contribution < -0.4 is 4.74 Å². The molecule has 0 radical (unpaired) electrons. The number of imidazole rings is 1. The summed E-state index contributed by atoms with van der Waals surface area (Å²) in [6.45, 7) is 7.38. The number of ether oxygens (including phenoxy) is 3. The molecule has 0 fully saturated rings. The maximum absolute atomic E-state index is 5.99. The van der Waals surface area contributed by atoms with Gasteiger partial charge in [0.1, 0.15) is 37.0 Å². The third-order valence-corrected chi connectivity index (χ3v) is 5.87. The smallest absolute Gasteiger partial charge is 0.238 e. The second-order valence-electron chi connectivity index (χ2n) is 7.97.